The first-order valence-corrected chi connectivity index (χ1v) is 5.95. The first kappa shape index (κ1) is 10.8. The van der Waals surface area contributed by atoms with Gasteiger partial charge in [-0.25, -0.2) is 4.98 Å². The minimum atomic E-state index is -0.0568. The van der Waals surface area contributed by atoms with E-state index in [1.165, 1.54) is 0 Å². The molecule has 0 spiro atoms. The minimum absolute atomic E-state index is 0.0568. The van der Waals surface area contributed by atoms with Crippen molar-refractivity contribution in [1.82, 2.24) is 14.9 Å². The number of aromatic amines is 1. The molecule has 1 aromatic heterocycles. The third-order valence-electron chi connectivity index (χ3n) is 3.35. The molecule has 1 aromatic carbocycles. The topological polar surface area (TPSA) is 81.8 Å². The van der Waals surface area contributed by atoms with E-state index in [0.29, 0.717) is 0 Å². The molecule has 2 aromatic rings. The molecule has 1 atom stereocenters. The van der Waals surface area contributed by atoms with Gasteiger partial charge in [-0.1, -0.05) is 30.3 Å². The molecule has 0 bridgehead atoms. The predicted octanol–water partition coefficient (Wildman–Crippen LogP) is 1.25. The summed E-state index contributed by atoms with van der Waals surface area (Å²) in [5.74, 6) is 0.0949. The zero-order valence-electron chi connectivity index (χ0n) is 9.93. The molecule has 0 fully saturated rings. The van der Waals surface area contributed by atoms with Gasteiger partial charge in [0.15, 0.2) is 5.96 Å². The monoisotopic (exact) mass is 241 g/mol. The number of imidazole rings is 1. The van der Waals surface area contributed by atoms with Gasteiger partial charge in [0.1, 0.15) is 6.04 Å². The Morgan fingerprint density at radius 3 is 2.89 bits per heavy atom. The summed E-state index contributed by atoms with van der Waals surface area (Å²) in [6.07, 6.45) is 2.56. The molecule has 0 aliphatic carbocycles. The van der Waals surface area contributed by atoms with Gasteiger partial charge in [-0.2, -0.15) is 0 Å². The van der Waals surface area contributed by atoms with E-state index in [0.717, 1.165) is 29.9 Å². The van der Waals surface area contributed by atoms with Crippen LogP contribution in [0.3, 0.4) is 0 Å². The van der Waals surface area contributed by atoms with Gasteiger partial charge in [0.25, 0.3) is 0 Å². The van der Waals surface area contributed by atoms with Gasteiger partial charge in [-0.3, -0.25) is 5.41 Å². The minimum Gasteiger partial charge on any atom is -0.370 e. The van der Waals surface area contributed by atoms with Crippen LogP contribution in [0.5, 0.6) is 0 Å². The quantitative estimate of drug-likeness (QED) is 0.519. The summed E-state index contributed by atoms with van der Waals surface area (Å²) in [5, 5.41) is 7.73. The molecule has 1 unspecified atom stereocenters. The van der Waals surface area contributed by atoms with Gasteiger partial charge in [0, 0.05) is 18.7 Å². The fraction of sp³-hybridized carbons (Fsp3) is 0.231. The summed E-state index contributed by atoms with van der Waals surface area (Å²) >= 11 is 0. The molecule has 2 heterocycles. The molecule has 5 heteroatoms. The van der Waals surface area contributed by atoms with E-state index in [2.05, 4.69) is 9.97 Å². The van der Waals surface area contributed by atoms with Crippen molar-refractivity contribution in [2.75, 3.05) is 6.54 Å². The summed E-state index contributed by atoms with van der Waals surface area (Å²) in [6, 6.07) is 10.0. The van der Waals surface area contributed by atoms with Crippen LogP contribution in [0.25, 0.3) is 0 Å². The number of hydrogen-bond donors (Lipinski definition) is 3. The Bertz CT molecular complexity index is 560. The lowest BCUT2D eigenvalue weighted by Gasteiger charge is -2.35. The van der Waals surface area contributed by atoms with Crippen molar-refractivity contribution < 1.29 is 0 Å². The number of hydrogen-bond acceptors (Lipinski definition) is 2. The number of rotatable bonds is 1. The van der Waals surface area contributed by atoms with Crippen LogP contribution in [0.2, 0.25) is 0 Å². The second kappa shape index (κ2) is 4.18. The SMILES string of the molecule is N=C(N)N1CCc2[nH]cnc2C1c1ccccc1. The first-order chi connectivity index (χ1) is 8.77. The second-order valence-electron chi connectivity index (χ2n) is 4.41. The highest BCUT2D eigenvalue weighted by molar-refractivity contribution is 5.76. The zero-order valence-corrected chi connectivity index (χ0v) is 9.93. The maximum atomic E-state index is 7.73. The molecule has 5 nitrogen and oxygen atoms in total. The van der Waals surface area contributed by atoms with Crippen molar-refractivity contribution >= 4 is 5.96 Å². The van der Waals surface area contributed by atoms with Crippen LogP contribution >= 0.6 is 0 Å². The number of H-pyrrole nitrogens is 1. The molecular weight excluding hydrogens is 226 g/mol. The van der Waals surface area contributed by atoms with E-state index < -0.39 is 0 Å². The van der Waals surface area contributed by atoms with Crippen molar-refractivity contribution in [2.45, 2.75) is 12.5 Å². The van der Waals surface area contributed by atoms with Crippen molar-refractivity contribution in [1.29, 1.82) is 5.41 Å². The summed E-state index contributed by atoms with van der Waals surface area (Å²) in [6.45, 7) is 0.740. The van der Waals surface area contributed by atoms with E-state index in [1.54, 1.807) is 6.33 Å². The fourth-order valence-corrected chi connectivity index (χ4v) is 2.51. The van der Waals surface area contributed by atoms with Gasteiger partial charge < -0.3 is 15.6 Å². The fourth-order valence-electron chi connectivity index (χ4n) is 2.51. The molecule has 1 aliphatic rings. The van der Waals surface area contributed by atoms with E-state index >= 15 is 0 Å². The third kappa shape index (κ3) is 1.64. The first-order valence-electron chi connectivity index (χ1n) is 5.95. The van der Waals surface area contributed by atoms with E-state index in [-0.39, 0.29) is 12.0 Å². The maximum absolute atomic E-state index is 7.73. The van der Waals surface area contributed by atoms with Crippen molar-refractivity contribution in [3.63, 3.8) is 0 Å². The summed E-state index contributed by atoms with van der Waals surface area (Å²) in [7, 11) is 0. The Hall–Kier alpha value is -2.30. The zero-order chi connectivity index (χ0) is 12.5. The molecule has 3 rings (SSSR count). The van der Waals surface area contributed by atoms with Crippen LogP contribution in [0, 0.1) is 5.41 Å². The van der Waals surface area contributed by atoms with Crippen molar-refractivity contribution in [3.05, 3.63) is 53.6 Å². The molecule has 0 radical (unpaired) electrons. The normalized spacial score (nSPS) is 18.4. The lowest BCUT2D eigenvalue weighted by molar-refractivity contribution is 0.326. The summed E-state index contributed by atoms with van der Waals surface area (Å²) in [5.41, 5.74) is 8.92. The van der Waals surface area contributed by atoms with Crippen molar-refractivity contribution in [3.8, 4) is 0 Å². The van der Waals surface area contributed by atoms with Crippen LogP contribution in [-0.4, -0.2) is 27.4 Å². The Kier molecular flexibility index (Phi) is 2.51. The molecule has 0 saturated carbocycles. The maximum Gasteiger partial charge on any atom is 0.189 e. The highest BCUT2D eigenvalue weighted by Gasteiger charge is 2.31. The number of guanidine groups is 1. The van der Waals surface area contributed by atoms with Crippen molar-refractivity contribution in [2.24, 2.45) is 5.73 Å². The largest absolute Gasteiger partial charge is 0.370 e. The average Bonchev–Trinajstić information content (AvgIpc) is 2.86. The molecule has 4 N–H and O–H groups in total. The van der Waals surface area contributed by atoms with Gasteiger partial charge in [-0.15, -0.1) is 0 Å². The molecular formula is C13H15N5. The highest BCUT2D eigenvalue weighted by atomic mass is 15.3. The lowest BCUT2D eigenvalue weighted by Crippen LogP contribution is -2.44. The summed E-state index contributed by atoms with van der Waals surface area (Å²) in [4.78, 5) is 9.45. The number of fused-ring (bicyclic) bond motifs is 1. The van der Waals surface area contributed by atoms with Gasteiger partial charge in [0.05, 0.1) is 12.0 Å². The number of nitrogens with two attached hydrogens (primary N) is 1. The van der Waals surface area contributed by atoms with E-state index in [9.17, 15) is 0 Å². The standard InChI is InChI=1S/C13H15N5/c14-13(15)18-7-6-10-11(17-8-16-10)12(18)9-4-2-1-3-5-9/h1-5,8,12H,6-7H2,(H3,14,15)(H,16,17). The molecule has 0 amide bonds. The van der Waals surface area contributed by atoms with Gasteiger partial charge in [-0.05, 0) is 5.56 Å². The van der Waals surface area contributed by atoms with Crippen LogP contribution < -0.4 is 5.73 Å². The predicted molar refractivity (Wildman–Crippen MR) is 69.2 cm³/mol. The number of benzene rings is 1. The molecule has 92 valence electrons. The highest BCUT2D eigenvalue weighted by Crippen LogP contribution is 2.32. The summed E-state index contributed by atoms with van der Waals surface area (Å²) < 4.78 is 0. The van der Waals surface area contributed by atoms with Gasteiger partial charge in [0.2, 0.25) is 0 Å². The average molecular weight is 241 g/mol. The van der Waals surface area contributed by atoms with Crippen LogP contribution in [-0.2, 0) is 6.42 Å². The third-order valence-corrected chi connectivity index (χ3v) is 3.35. The van der Waals surface area contributed by atoms with Gasteiger partial charge >= 0.3 is 0 Å². The Labute approximate surface area is 105 Å². The Morgan fingerprint density at radius 1 is 1.39 bits per heavy atom. The number of aromatic nitrogens is 2. The van der Waals surface area contributed by atoms with Crippen LogP contribution in [0.4, 0.5) is 0 Å². The second-order valence-corrected chi connectivity index (χ2v) is 4.41. The van der Waals surface area contributed by atoms with E-state index in [1.807, 2.05) is 35.2 Å². The Balaban J connectivity index is 2.10. The van der Waals surface area contributed by atoms with E-state index in [4.69, 9.17) is 11.1 Å². The lowest BCUT2D eigenvalue weighted by atomic mass is 9.96. The molecule has 1 aliphatic heterocycles. The van der Waals surface area contributed by atoms with Crippen LogP contribution in [0.15, 0.2) is 36.7 Å². The smallest absolute Gasteiger partial charge is 0.189 e. The Morgan fingerprint density at radius 2 is 2.17 bits per heavy atom. The molecule has 18 heavy (non-hydrogen) atoms. The number of nitrogens with zero attached hydrogens (tertiary/aromatic N) is 2. The van der Waals surface area contributed by atoms with Crippen LogP contribution in [0.1, 0.15) is 23.0 Å². The number of nitrogens with one attached hydrogen (secondary N) is 2. The molecule has 0 saturated heterocycles.